The van der Waals surface area contributed by atoms with Gasteiger partial charge in [-0.3, -0.25) is 0 Å². The van der Waals surface area contributed by atoms with Gasteiger partial charge in [-0.2, -0.15) is 8.97 Å². The number of para-hydroxylation sites is 8. The van der Waals surface area contributed by atoms with E-state index < -0.39 is 20.8 Å². The molecule has 0 aromatic heterocycles. The Labute approximate surface area is 351 Å². The van der Waals surface area contributed by atoms with Crippen molar-refractivity contribution in [3.63, 3.8) is 0 Å². The third kappa shape index (κ3) is 10.3. The molecule has 0 aliphatic carbocycles. The molecular formula is C48H40N2O8S2. The van der Waals surface area contributed by atoms with E-state index in [-0.39, 0.29) is 0 Å². The maximum absolute atomic E-state index is 9.37. The van der Waals surface area contributed by atoms with E-state index in [0.717, 1.165) is 0 Å². The van der Waals surface area contributed by atoms with Gasteiger partial charge in [0.05, 0.1) is 0 Å². The Kier molecular flexibility index (Phi) is 14.3. The average Bonchev–Trinajstić information content (AvgIpc) is 3.29. The smallest absolute Gasteiger partial charge is 0.246 e. The van der Waals surface area contributed by atoms with Crippen molar-refractivity contribution in [3.8, 4) is 0 Å². The van der Waals surface area contributed by atoms with E-state index in [1.165, 1.54) is 45.5 Å². The Bertz CT molecular complexity index is 2200. The second-order valence-corrected chi connectivity index (χ2v) is 14.9. The van der Waals surface area contributed by atoms with Crippen LogP contribution in [0.1, 0.15) is 0 Å². The highest BCUT2D eigenvalue weighted by Gasteiger charge is 2.40. The Balaban J connectivity index is 0.000000165. The molecule has 0 heterocycles. The number of quaternary nitrogens is 2. The molecular weight excluding hydrogens is 797 g/mol. The lowest BCUT2D eigenvalue weighted by Gasteiger charge is -2.37. The van der Waals surface area contributed by atoms with Gasteiger partial charge >= 0.3 is 0 Å². The molecule has 0 saturated heterocycles. The number of nitrogens with zero attached hydrogens (tertiary/aromatic N) is 2. The van der Waals surface area contributed by atoms with Crippen molar-refractivity contribution in [2.75, 3.05) is 0 Å². The number of benzene rings is 8. The monoisotopic (exact) mass is 836 g/mol. The van der Waals surface area contributed by atoms with Crippen LogP contribution in [0.15, 0.2) is 243 Å². The van der Waals surface area contributed by atoms with E-state index >= 15 is 0 Å². The van der Waals surface area contributed by atoms with E-state index in [4.69, 9.17) is 0 Å². The average molecular weight is 837 g/mol. The SMILES string of the molecule is O=S(=O)([O-])OOS(=O)(=O)[O-].c1ccc([N+](c2ccccc2)(c2ccccc2)c2ccccc2)cc1.c1ccc([N+](c2ccccc2)(c2ccccc2)c2ccccc2)cc1. The highest BCUT2D eigenvalue weighted by molar-refractivity contribution is 7.83. The molecule has 0 fully saturated rings. The summed E-state index contributed by atoms with van der Waals surface area (Å²) in [4.78, 5) is 0. The van der Waals surface area contributed by atoms with Crippen molar-refractivity contribution in [1.29, 1.82) is 0 Å². The zero-order valence-electron chi connectivity index (χ0n) is 32.1. The topological polar surface area (TPSA) is 133 Å². The zero-order valence-corrected chi connectivity index (χ0v) is 33.7. The van der Waals surface area contributed by atoms with E-state index in [0.29, 0.717) is 8.97 Å². The summed E-state index contributed by atoms with van der Waals surface area (Å²) in [5.41, 5.74) is 9.71. The molecule has 302 valence electrons. The summed E-state index contributed by atoms with van der Waals surface area (Å²) in [5.74, 6) is 0. The lowest BCUT2D eigenvalue weighted by atomic mass is 10.1. The van der Waals surface area contributed by atoms with Crippen LogP contribution in [0.5, 0.6) is 0 Å². The summed E-state index contributed by atoms with van der Waals surface area (Å²) < 4.78 is 62.6. The van der Waals surface area contributed by atoms with Gasteiger partial charge in [0.1, 0.15) is 45.5 Å². The summed E-state index contributed by atoms with van der Waals surface area (Å²) in [6.07, 6.45) is 0. The van der Waals surface area contributed by atoms with Crippen molar-refractivity contribution in [1.82, 2.24) is 8.97 Å². The zero-order chi connectivity index (χ0) is 42.3. The van der Waals surface area contributed by atoms with Crippen molar-refractivity contribution in [3.05, 3.63) is 243 Å². The van der Waals surface area contributed by atoms with Gasteiger partial charge in [-0.1, -0.05) is 146 Å². The van der Waals surface area contributed by atoms with Crippen LogP contribution < -0.4 is 8.97 Å². The fourth-order valence-electron chi connectivity index (χ4n) is 7.07. The van der Waals surface area contributed by atoms with E-state index in [1.54, 1.807) is 0 Å². The molecule has 0 amide bonds. The molecule has 10 nitrogen and oxygen atoms in total. The lowest BCUT2D eigenvalue weighted by molar-refractivity contribution is -0.107. The van der Waals surface area contributed by atoms with Crippen LogP contribution in [0, 0.1) is 0 Å². The van der Waals surface area contributed by atoms with Gasteiger partial charge in [0.25, 0.3) is 0 Å². The quantitative estimate of drug-likeness (QED) is 0.0413. The van der Waals surface area contributed by atoms with Gasteiger partial charge in [-0.15, -0.1) is 8.67 Å². The molecule has 0 unspecified atom stereocenters. The minimum absolute atomic E-state index is 0.559. The highest BCUT2D eigenvalue weighted by atomic mass is 32.3. The first kappa shape index (κ1) is 43.0. The van der Waals surface area contributed by atoms with E-state index in [9.17, 15) is 25.9 Å². The first-order chi connectivity index (χ1) is 29.0. The Morgan fingerprint density at radius 3 is 0.467 bits per heavy atom. The van der Waals surface area contributed by atoms with Crippen LogP contribution in [0.25, 0.3) is 0 Å². The van der Waals surface area contributed by atoms with E-state index in [2.05, 4.69) is 251 Å². The predicted octanol–water partition coefficient (Wildman–Crippen LogP) is 11.8. The second kappa shape index (κ2) is 19.9. The molecule has 0 radical (unpaired) electrons. The maximum Gasteiger partial charge on any atom is 0.246 e. The molecule has 0 bridgehead atoms. The molecule has 0 saturated carbocycles. The van der Waals surface area contributed by atoms with Gasteiger partial charge in [0, 0.05) is 97.1 Å². The molecule has 12 heteroatoms. The number of hydrogen-bond donors (Lipinski definition) is 0. The Morgan fingerprint density at radius 1 is 0.250 bits per heavy atom. The first-order valence-electron chi connectivity index (χ1n) is 18.6. The van der Waals surface area contributed by atoms with Gasteiger partial charge in [-0.05, 0) is 0 Å². The predicted molar refractivity (Wildman–Crippen MR) is 235 cm³/mol. The van der Waals surface area contributed by atoms with Crippen LogP contribution in [-0.2, 0) is 29.5 Å². The number of hydrogen-bond acceptors (Lipinski definition) is 8. The van der Waals surface area contributed by atoms with Crippen LogP contribution in [0.3, 0.4) is 0 Å². The molecule has 60 heavy (non-hydrogen) atoms. The fourth-order valence-corrected chi connectivity index (χ4v) is 7.61. The standard InChI is InChI=1S/2C24H20N.H2O8S2/c2*1-5-13-21(14-6-1)25(22-15-7-2-8-16-22,23-17-9-3-10-18-23)24-19-11-4-12-20-24;1-9(2,3)7-8-10(4,5)6/h2*1-20H;(H,1,2,3)(H,4,5,6)/q2*+1;/p-2. The summed E-state index contributed by atoms with van der Waals surface area (Å²) in [5, 5.41) is 0. The van der Waals surface area contributed by atoms with Crippen molar-refractivity contribution in [2.24, 2.45) is 0 Å². The number of rotatable bonds is 11. The third-order valence-electron chi connectivity index (χ3n) is 9.34. The van der Waals surface area contributed by atoms with Crippen LogP contribution in [0.2, 0.25) is 0 Å². The van der Waals surface area contributed by atoms with Crippen LogP contribution in [0.4, 0.5) is 45.5 Å². The first-order valence-corrected chi connectivity index (χ1v) is 21.2. The Hall–Kier alpha value is -6.58. The van der Waals surface area contributed by atoms with Crippen molar-refractivity contribution >= 4 is 66.3 Å². The molecule has 8 rings (SSSR count). The van der Waals surface area contributed by atoms with Gasteiger partial charge in [-0.25, -0.2) is 16.8 Å². The lowest BCUT2D eigenvalue weighted by Crippen LogP contribution is -2.33. The second-order valence-electron chi connectivity index (χ2n) is 13.0. The van der Waals surface area contributed by atoms with Crippen molar-refractivity contribution < 1.29 is 34.6 Å². The fraction of sp³-hybridized carbons (Fsp3) is 0. The molecule has 0 aliphatic heterocycles. The summed E-state index contributed by atoms with van der Waals surface area (Å²) in [6.45, 7) is 0. The minimum Gasteiger partial charge on any atom is -0.724 e. The molecule has 0 spiro atoms. The minimum atomic E-state index is -5.31. The van der Waals surface area contributed by atoms with Gasteiger partial charge in [0.2, 0.25) is 20.8 Å². The Morgan fingerprint density at radius 2 is 0.367 bits per heavy atom. The van der Waals surface area contributed by atoms with Crippen LogP contribution >= 0.6 is 0 Å². The van der Waals surface area contributed by atoms with Gasteiger partial charge in [0.15, 0.2) is 0 Å². The highest BCUT2D eigenvalue weighted by Crippen LogP contribution is 2.52. The molecule has 8 aromatic carbocycles. The molecule has 0 N–H and O–H groups in total. The normalized spacial score (nSPS) is 11.6. The molecule has 0 atom stereocenters. The third-order valence-corrected chi connectivity index (χ3v) is 9.90. The van der Waals surface area contributed by atoms with Crippen molar-refractivity contribution in [2.45, 2.75) is 0 Å². The summed E-state index contributed by atoms with van der Waals surface area (Å²) in [7, 11) is -10.6. The van der Waals surface area contributed by atoms with E-state index in [1.807, 2.05) is 0 Å². The molecule has 8 aromatic rings. The molecule has 0 aliphatic rings. The largest absolute Gasteiger partial charge is 0.724 e. The maximum atomic E-state index is 9.37. The summed E-state index contributed by atoms with van der Waals surface area (Å²) in [6, 6.07) is 85.5. The summed E-state index contributed by atoms with van der Waals surface area (Å²) >= 11 is 0. The van der Waals surface area contributed by atoms with Crippen LogP contribution in [-0.4, -0.2) is 25.9 Å². The van der Waals surface area contributed by atoms with Gasteiger partial charge < -0.3 is 9.11 Å².